The molecule has 2 unspecified atom stereocenters. The van der Waals surface area contributed by atoms with E-state index in [-0.39, 0.29) is 17.4 Å². The van der Waals surface area contributed by atoms with E-state index in [2.05, 4.69) is 21.8 Å². The van der Waals surface area contributed by atoms with Crippen molar-refractivity contribution >= 4 is 17.2 Å². The van der Waals surface area contributed by atoms with Gasteiger partial charge in [-0.3, -0.25) is 0 Å². The number of hydrogen-bond acceptors (Lipinski definition) is 5. The minimum atomic E-state index is -0.249. The minimum absolute atomic E-state index is 0.0158. The highest BCUT2D eigenvalue weighted by atomic mass is 19.1. The second-order valence-corrected chi connectivity index (χ2v) is 8.35. The number of nitrogens with one attached hydrogen (secondary N) is 1. The number of halogens is 1. The fraction of sp³-hybridized carbons (Fsp3) is 0.364. The van der Waals surface area contributed by atoms with Gasteiger partial charge in [-0.05, 0) is 56.0 Å². The van der Waals surface area contributed by atoms with Crippen LogP contribution in [0.5, 0.6) is 5.75 Å². The van der Waals surface area contributed by atoms with Crippen LogP contribution in [0.1, 0.15) is 31.0 Å². The molecule has 2 aliphatic heterocycles. The van der Waals surface area contributed by atoms with Crippen LogP contribution in [0, 0.1) is 11.7 Å². The number of piperidine rings is 1. The van der Waals surface area contributed by atoms with Crippen LogP contribution in [0.15, 0.2) is 43.1 Å². The van der Waals surface area contributed by atoms with Gasteiger partial charge >= 0.3 is 0 Å². The van der Waals surface area contributed by atoms with Crippen LogP contribution in [-0.2, 0) is 5.54 Å². The van der Waals surface area contributed by atoms with Crippen molar-refractivity contribution in [3.8, 4) is 5.75 Å². The van der Waals surface area contributed by atoms with Gasteiger partial charge in [-0.1, -0.05) is 6.58 Å². The highest BCUT2D eigenvalue weighted by molar-refractivity contribution is 5.64. The topological polar surface area (TPSA) is 54.7 Å². The largest absolute Gasteiger partial charge is 0.491 e. The minimum Gasteiger partial charge on any atom is -0.491 e. The Labute approximate surface area is 168 Å². The number of rotatable bonds is 0. The molecule has 1 aliphatic carbocycles. The highest BCUT2D eigenvalue weighted by Crippen LogP contribution is 2.64. The molecule has 29 heavy (non-hydrogen) atoms. The summed E-state index contributed by atoms with van der Waals surface area (Å²) in [5.41, 5.74) is 3.03. The Morgan fingerprint density at radius 1 is 1.31 bits per heavy atom. The molecule has 6 rings (SSSR count). The number of aromatic nitrogens is 3. The molecule has 3 atom stereocenters. The van der Waals surface area contributed by atoms with Crippen LogP contribution < -0.4 is 15.0 Å². The summed E-state index contributed by atoms with van der Waals surface area (Å²) in [6.07, 6.45) is 3.85. The average molecular weight is 391 g/mol. The SMILES string of the molecule is C=C1N[C@H](C)COc2ccc(F)cc2C23CC2CCN3c2ccc3ncc1n3n2. The van der Waals surface area contributed by atoms with Crippen molar-refractivity contribution in [1.29, 1.82) is 0 Å². The van der Waals surface area contributed by atoms with E-state index in [4.69, 9.17) is 9.84 Å². The maximum absolute atomic E-state index is 14.3. The molecule has 1 saturated heterocycles. The van der Waals surface area contributed by atoms with Crippen molar-refractivity contribution in [1.82, 2.24) is 19.9 Å². The first-order chi connectivity index (χ1) is 14.1. The summed E-state index contributed by atoms with van der Waals surface area (Å²) >= 11 is 0. The number of hydrogen-bond donors (Lipinski definition) is 1. The Morgan fingerprint density at radius 3 is 3.07 bits per heavy atom. The summed E-state index contributed by atoms with van der Waals surface area (Å²) in [6.45, 7) is 7.56. The Balaban J connectivity index is 1.57. The van der Waals surface area contributed by atoms with Gasteiger partial charge in [0.15, 0.2) is 5.65 Å². The van der Waals surface area contributed by atoms with E-state index in [9.17, 15) is 4.39 Å². The number of anilines is 1. The monoisotopic (exact) mass is 391 g/mol. The lowest BCUT2D eigenvalue weighted by molar-refractivity contribution is 0.279. The molecule has 1 N–H and O–H groups in total. The fourth-order valence-electron chi connectivity index (χ4n) is 5.07. The molecule has 2 aromatic heterocycles. The molecule has 1 spiro atoms. The predicted molar refractivity (Wildman–Crippen MR) is 108 cm³/mol. The van der Waals surface area contributed by atoms with Crippen molar-refractivity contribution < 1.29 is 9.13 Å². The van der Waals surface area contributed by atoms with Crippen molar-refractivity contribution in [2.24, 2.45) is 5.92 Å². The van der Waals surface area contributed by atoms with Crippen LogP contribution in [0.3, 0.4) is 0 Å². The number of benzene rings is 1. The fourth-order valence-corrected chi connectivity index (χ4v) is 5.07. The van der Waals surface area contributed by atoms with E-state index in [1.54, 1.807) is 18.3 Å². The summed E-state index contributed by atoms with van der Waals surface area (Å²) in [7, 11) is 0. The molecule has 4 heterocycles. The van der Waals surface area contributed by atoms with Crippen molar-refractivity contribution in [3.63, 3.8) is 0 Å². The van der Waals surface area contributed by atoms with Gasteiger partial charge < -0.3 is 15.0 Å². The Kier molecular flexibility index (Phi) is 3.32. The van der Waals surface area contributed by atoms with Crippen LogP contribution >= 0.6 is 0 Å². The molecule has 148 valence electrons. The molecule has 6 nitrogen and oxygen atoms in total. The molecule has 3 aliphatic rings. The summed E-state index contributed by atoms with van der Waals surface area (Å²) < 4.78 is 22.3. The normalized spacial score (nSPS) is 27.8. The number of fused-ring (bicyclic) bond motifs is 3. The number of nitrogens with zero attached hydrogens (tertiary/aromatic N) is 4. The van der Waals surface area contributed by atoms with Crippen LogP contribution in [0.4, 0.5) is 10.2 Å². The lowest BCUT2D eigenvalue weighted by Gasteiger charge is -2.31. The van der Waals surface area contributed by atoms with E-state index >= 15 is 0 Å². The van der Waals surface area contributed by atoms with Crippen LogP contribution in [-0.4, -0.2) is 33.8 Å². The standard InChI is InChI=1S/C22H22FN5O/c1-13-12-29-19-4-3-16(23)9-17(19)22-10-15(22)7-8-27(22)21-6-5-20-24-11-18(14(2)25-13)28(20)26-21/h3-6,9,11,13,15,25H,2,7-8,10,12H2,1H3/t13-,15?,22?/m1/s1. The first-order valence-corrected chi connectivity index (χ1v) is 10.1. The summed E-state index contributed by atoms with van der Waals surface area (Å²) in [6, 6.07) is 8.88. The molecule has 1 aromatic carbocycles. The molecule has 0 amide bonds. The summed E-state index contributed by atoms with van der Waals surface area (Å²) in [5.74, 6) is 1.87. The van der Waals surface area contributed by atoms with Gasteiger partial charge in [0.05, 0.1) is 23.5 Å². The second kappa shape index (κ2) is 5.72. The van der Waals surface area contributed by atoms with Gasteiger partial charge in [0, 0.05) is 12.1 Å². The maximum atomic E-state index is 14.3. The zero-order chi connectivity index (χ0) is 19.8. The maximum Gasteiger partial charge on any atom is 0.154 e. The zero-order valence-corrected chi connectivity index (χ0v) is 16.2. The highest BCUT2D eigenvalue weighted by Gasteiger charge is 2.64. The third-order valence-corrected chi connectivity index (χ3v) is 6.51. The molecular weight excluding hydrogens is 369 g/mol. The first kappa shape index (κ1) is 16.8. The van der Waals surface area contributed by atoms with Gasteiger partial charge in [-0.15, -0.1) is 5.10 Å². The summed E-state index contributed by atoms with van der Waals surface area (Å²) in [5, 5.41) is 8.29. The van der Waals surface area contributed by atoms with Gasteiger partial charge in [-0.2, -0.15) is 0 Å². The smallest absolute Gasteiger partial charge is 0.154 e. The quantitative estimate of drug-likeness (QED) is 0.637. The Bertz CT molecular complexity index is 1160. The number of ether oxygens (including phenoxy) is 1. The second-order valence-electron chi connectivity index (χ2n) is 8.35. The average Bonchev–Trinajstić information content (AvgIpc) is 3.09. The predicted octanol–water partition coefficient (Wildman–Crippen LogP) is 3.34. The lowest BCUT2D eigenvalue weighted by Crippen LogP contribution is -2.34. The van der Waals surface area contributed by atoms with E-state index in [1.165, 1.54) is 6.07 Å². The molecule has 2 fully saturated rings. The number of imidazole rings is 1. The van der Waals surface area contributed by atoms with Crippen LogP contribution in [0.2, 0.25) is 0 Å². The van der Waals surface area contributed by atoms with E-state index in [1.807, 2.05) is 23.6 Å². The molecule has 7 heteroatoms. The zero-order valence-electron chi connectivity index (χ0n) is 16.2. The van der Waals surface area contributed by atoms with Gasteiger partial charge in [0.2, 0.25) is 0 Å². The van der Waals surface area contributed by atoms with E-state index in [0.717, 1.165) is 53.6 Å². The summed E-state index contributed by atoms with van der Waals surface area (Å²) in [4.78, 5) is 6.79. The third kappa shape index (κ3) is 2.33. The molecule has 0 radical (unpaired) electrons. The van der Waals surface area contributed by atoms with Crippen LogP contribution in [0.25, 0.3) is 11.3 Å². The van der Waals surface area contributed by atoms with E-state index < -0.39 is 0 Å². The van der Waals surface area contributed by atoms with Gasteiger partial charge in [-0.25, -0.2) is 13.9 Å². The van der Waals surface area contributed by atoms with Crippen molar-refractivity contribution in [2.75, 3.05) is 18.1 Å². The Morgan fingerprint density at radius 2 is 2.21 bits per heavy atom. The molecule has 3 aromatic rings. The molecular formula is C22H22FN5O. The first-order valence-electron chi connectivity index (χ1n) is 10.1. The van der Waals surface area contributed by atoms with Gasteiger partial charge in [0.1, 0.15) is 29.7 Å². The molecule has 2 bridgehead atoms. The lowest BCUT2D eigenvalue weighted by atomic mass is 10.0. The third-order valence-electron chi connectivity index (χ3n) is 6.51. The molecule has 1 saturated carbocycles. The van der Waals surface area contributed by atoms with E-state index in [0.29, 0.717) is 12.5 Å². The Hall–Kier alpha value is -3.09. The van der Waals surface area contributed by atoms with Crippen molar-refractivity contribution in [3.05, 3.63) is 60.2 Å². The van der Waals surface area contributed by atoms with Gasteiger partial charge in [0.25, 0.3) is 0 Å². The van der Waals surface area contributed by atoms with Crippen molar-refractivity contribution in [2.45, 2.75) is 31.3 Å².